The summed E-state index contributed by atoms with van der Waals surface area (Å²) in [5.41, 5.74) is 6.02. The molecule has 0 heterocycles. The van der Waals surface area contributed by atoms with E-state index in [0.717, 1.165) is 0 Å². The molecular formula is C12H16N4O3. The lowest BCUT2D eigenvalue weighted by Crippen LogP contribution is -2.38. The van der Waals surface area contributed by atoms with Crippen molar-refractivity contribution in [2.45, 2.75) is 6.92 Å². The van der Waals surface area contributed by atoms with Crippen LogP contribution in [-0.4, -0.2) is 30.9 Å². The first-order valence-electron chi connectivity index (χ1n) is 5.68. The van der Waals surface area contributed by atoms with E-state index in [1.807, 2.05) is 0 Å². The Morgan fingerprint density at radius 2 is 1.63 bits per heavy atom. The van der Waals surface area contributed by atoms with Crippen LogP contribution in [0.4, 0.5) is 15.3 Å². The van der Waals surface area contributed by atoms with Crippen LogP contribution in [0.5, 0.6) is 0 Å². The Morgan fingerprint density at radius 1 is 1.05 bits per heavy atom. The number of rotatable bonds is 5. The largest absolute Gasteiger partial charge is 0.352 e. The highest BCUT2D eigenvalue weighted by Crippen LogP contribution is 2.09. The Morgan fingerprint density at radius 3 is 2.16 bits per heavy atom. The van der Waals surface area contributed by atoms with Crippen LogP contribution >= 0.6 is 0 Å². The van der Waals surface area contributed by atoms with Crippen molar-refractivity contribution in [3.8, 4) is 0 Å². The minimum absolute atomic E-state index is 0.0338. The van der Waals surface area contributed by atoms with Crippen molar-refractivity contribution in [1.82, 2.24) is 10.6 Å². The molecule has 19 heavy (non-hydrogen) atoms. The van der Waals surface area contributed by atoms with Crippen molar-refractivity contribution >= 4 is 23.5 Å². The number of urea groups is 2. The quantitative estimate of drug-likeness (QED) is 0.463. The van der Waals surface area contributed by atoms with E-state index in [4.69, 9.17) is 5.73 Å². The molecule has 102 valence electrons. The number of hydrogen-bond acceptors (Lipinski definition) is 3. The summed E-state index contributed by atoms with van der Waals surface area (Å²) in [5.74, 6) is -0.0338. The van der Waals surface area contributed by atoms with Gasteiger partial charge >= 0.3 is 12.1 Å². The van der Waals surface area contributed by atoms with Gasteiger partial charge in [0.25, 0.3) is 0 Å². The third-order valence-corrected chi connectivity index (χ3v) is 2.26. The average molecular weight is 264 g/mol. The van der Waals surface area contributed by atoms with E-state index < -0.39 is 12.1 Å². The summed E-state index contributed by atoms with van der Waals surface area (Å²) in [5, 5.41) is 7.47. The fourth-order valence-corrected chi connectivity index (χ4v) is 1.33. The number of Topliss-reactive ketones (excluding diaryl/α,β-unsaturated/α-hetero) is 1. The number of benzene rings is 1. The third kappa shape index (κ3) is 5.53. The van der Waals surface area contributed by atoms with Crippen molar-refractivity contribution < 1.29 is 14.4 Å². The number of anilines is 1. The third-order valence-electron chi connectivity index (χ3n) is 2.26. The van der Waals surface area contributed by atoms with E-state index in [9.17, 15) is 14.4 Å². The van der Waals surface area contributed by atoms with Gasteiger partial charge in [-0.25, -0.2) is 9.59 Å². The fraction of sp³-hybridized carbons (Fsp3) is 0.250. The molecule has 0 fully saturated rings. The van der Waals surface area contributed by atoms with Gasteiger partial charge in [0.15, 0.2) is 5.78 Å². The van der Waals surface area contributed by atoms with Crippen LogP contribution < -0.4 is 21.7 Å². The van der Waals surface area contributed by atoms with Gasteiger partial charge in [0.1, 0.15) is 0 Å². The minimum atomic E-state index is -0.637. The topological polar surface area (TPSA) is 113 Å². The highest BCUT2D eigenvalue weighted by atomic mass is 16.2. The Hall–Kier alpha value is -2.57. The zero-order valence-corrected chi connectivity index (χ0v) is 10.5. The van der Waals surface area contributed by atoms with Gasteiger partial charge in [0.2, 0.25) is 0 Å². The molecule has 0 bridgehead atoms. The summed E-state index contributed by atoms with van der Waals surface area (Å²) in [4.78, 5) is 32.9. The second-order valence-corrected chi connectivity index (χ2v) is 3.81. The van der Waals surface area contributed by atoms with Gasteiger partial charge in [-0.3, -0.25) is 4.79 Å². The predicted octanol–water partition coefficient (Wildman–Crippen LogP) is 0.679. The van der Waals surface area contributed by atoms with Gasteiger partial charge in [-0.05, 0) is 31.2 Å². The summed E-state index contributed by atoms with van der Waals surface area (Å²) in [6, 6.07) is 5.50. The molecule has 1 rings (SSSR count). The lowest BCUT2D eigenvalue weighted by atomic mass is 10.1. The predicted molar refractivity (Wildman–Crippen MR) is 71.1 cm³/mol. The van der Waals surface area contributed by atoms with Crippen molar-refractivity contribution in [3.05, 3.63) is 29.8 Å². The molecule has 0 unspecified atom stereocenters. The second-order valence-electron chi connectivity index (χ2n) is 3.81. The van der Waals surface area contributed by atoms with E-state index in [2.05, 4.69) is 16.0 Å². The SMILES string of the molecule is CC(=O)c1ccc(NC(=O)NCCNC(N)=O)cc1. The summed E-state index contributed by atoms with van der Waals surface area (Å²) in [7, 11) is 0. The highest BCUT2D eigenvalue weighted by Gasteiger charge is 2.02. The molecule has 0 saturated carbocycles. The zero-order chi connectivity index (χ0) is 14.3. The molecule has 0 aliphatic heterocycles. The number of carbonyl (C=O) groups is 3. The Balaban J connectivity index is 2.35. The molecule has 4 amide bonds. The van der Waals surface area contributed by atoms with Gasteiger partial charge in [0.05, 0.1) is 0 Å². The van der Waals surface area contributed by atoms with Crippen molar-refractivity contribution in [2.75, 3.05) is 18.4 Å². The molecule has 7 nitrogen and oxygen atoms in total. The lowest BCUT2D eigenvalue weighted by Gasteiger charge is -2.08. The summed E-state index contributed by atoms with van der Waals surface area (Å²) in [6.07, 6.45) is 0. The maximum Gasteiger partial charge on any atom is 0.319 e. The van der Waals surface area contributed by atoms with E-state index in [-0.39, 0.29) is 18.9 Å². The number of nitrogens with two attached hydrogens (primary N) is 1. The molecule has 1 aromatic carbocycles. The molecule has 5 N–H and O–H groups in total. The molecule has 0 aromatic heterocycles. The Labute approximate surface area is 110 Å². The first-order chi connectivity index (χ1) is 8.99. The van der Waals surface area contributed by atoms with Crippen LogP contribution in [0.1, 0.15) is 17.3 Å². The molecule has 0 saturated heterocycles. The molecule has 1 aromatic rings. The zero-order valence-electron chi connectivity index (χ0n) is 10.5. The van der Waals surface area contributed by atoms with Crippen LogP contribution in [0.25, 0.3) is 0 Å². The molecule has 0 radical (unpaired) electrons. The number of nitrogens with one attached hydrogen (secondary N) is 3. The first kappa shape index (κ1) is 14.5. The van der Waals surface area contributed by atoms with Crippen LogP contribution in [0, 0.1) is 0 Å². The number of ketones is 1. The lowest BCUT2D eigenvalue weighted by molar-refractivity contribution is 0.101. The maximum atomic E-state index is 11.4. The normalized spacial score (nSPS) is 9.53. The van der Waals surface area contributed by atoms with Gasteiger partial charge in [-0.2, -0.15) is 0 Å². The monoisotopic (exact) mass is 264 g/mol. The van der Waals surface area contributed by atoms with Crippen LogP contribution in [0.3, 0.4) is 0 Å². The molecule has 0 aliphatic carbocycles. The van der Waals surface area contributed by atoms with E-state index in [1.54, 1.807) is 24.3 Å². The van der Waals surface area contributed by atoms with Gasteiger partial charge in [0, 0.05) is 24.3 Å². The van der Waals surface area contributed by atoms with E-state index >= 15 is 0 Å². The van der Waals surface area contributed by atoms with Crippen molar-refractivity contribution in [1.29, 1.82) is 0 Å². The number of hydrogen-bond donors (Lipinski definition) is 4. The Bertz CT molecular complexity index is 470. The van der Waals surface area contributed by atoms with Crippen LogP contribution in [0.2, 0.25) is 0 Å². The number of amides is 4. The molecule has 0 atom stereocenters. The fourth-order valence-electron chi connectivity index (χ4n) is 1.33. The molecule has 7 heteroatoms. The van der Waals surface area contributed by atoms with Crippen molar-refractivity contribution in [2.24, 2.45) is 5.73 Å². The molecule has 0 spiro atoms. The minimum Gasteiger partial charge on any atom is -0.352 e. The second kappa shape index (κ2) is 7.00. The summed E-state index contributed by atoms with van der Waals surface area (Å²) >= 11 is 0. The van der Waals surface area contributed by atoms with E-state index in [0.29, 0.717) is 11.3 Å². The first-order valence-corrected chi connectivity index (χ1v) is 5.68. The molecular weight excluding hydrogens is 248 g/mol. The van der Waals surface area contributed by atoms with Gasteiger partial charge in [-0.15, -0.1) is 0 Å². The summed E-state index contributed by atoms with van der Waals surface area (Å²) < 4.78 is 0. The smallest absolute Gasteiger partial charge is 0.319 e. The average Bonchev–Trinajstić information content (AvgIpc) is 2.35. The van der Waals surface area contributed by atoms with Crippen LogP contribution in [-0.2, 0) is 0 Å². The maximum absolute atomic E-state index is 11.4. The Kier molecular flexibility index (Phi) is 5.34. The number of carbonyl (C=O) groups excluding carboxylic acids is 3. The van der Waals surface area contributed by atoms with E-state index in [1.165, 1.54) is 6.92 Å². The standard InChI is InChI=1S/C12H16N4O3/c1-8(17)9-2-4-10(5-3-9)16-12(19)15-7-6-14-11(13)18/h2-5H,6-7H2,1H3,(H3,13,14,18)(H2,15,16,19). The van der Waals surface area contributed by atoms with Crippen LogP contribution in [0.15, 0.2) is 24.3 Å². The van der Waals surface area contributed by atoms with Gasteiger partial charge in [-0.1, -0.05) is 0 Å². The van der Waals surface area contributed by atoms with Gasteiger partial charge < -0.3 is 21.7 Å². The van der Waals surface area contributed by atoms with Crippen molar-refractivity contribution in [3.63, 3.8) is 0 Å². The molecule has 0 aliphatic rings. The number of primary amides is 1. The highest BCUT2D eigenvalue weighted by molar-refractivity contribution is 5.95. The summed E-state index contributed by atoms with van der Waals surface area (Å²) in [6.45, 7) is 1.99.